The van der Waals surface area contributed by atoms with Gasteiger partial charge in [0.05, 0.1) is 16.4 Å². The van der Waals surface area contributed by atoms with Gasteiger partial charge in [0.1, 0.15) is 12.4 Å². The Labute approximate surface area is 167 Å². The number of nitrogens with one attached hydrogen (secondary N) is 1. The number of rotatable bonds is 5. The first-order valence-corrected chi connectivity index (χ1v) is 8.88. The first-order valence-electron chi connectivity index (χ1n) is 8.50. The summed E-state index contributed by atoms with van der Waals surface area (Å²) in [5.41, 5.74) is 2.15. The Kier molecular flexibility index (Phi) is 5.33. The lowest BCUT2D eigenvalue weighted by atomic mass is 10.2. The van der Waals surface area contributed by atoms with E-state index in [-0.39, 0.29) is 5.57 Å². The molecule has 0 bridgehead atoms. The minimum Gasteiger partial charge on any atom is -0.486 e. The Morgan fingerprint density at radius 2 is 1.93 bits per heavy atom. The quantitative estimate of drug-likeness (QED) is 0.464. The summed E-state index contributed by atoms with van der Waals surface area (Å²) in [5, 5.41) is 7.47. The molecule has 0 spiro atoms. The first-order chi connectivity index (χ1) is 13.1. The lowest BCUT2D eigenvalue weighted by Crippen LogP contribution is -2.42. The fourth-order valence-electron chi connectivity index (χ4n) is 2.59. The van der Waals surface area contributed by atoms with Gasteiger partial charge in [-0.25, -0.2) is 9.59 Å². The van der Waals surface area contributed by atoms with Crippen LogP contribution in [0, 0.1) is 6.92 Å². The molecule has 0 radical (unpaired) electrons. The maximum Gasteiger partial charge on any atom is 0.350 e. The molecule has 1 N–H and O–H groups in total. The van der Waals surface area contributed by atoms with E-state index in [9.17, 15) is 9.59 Å². The summed E-state index contributed by atoms with van der Waals surface area (Å²) in [7, 11) is 1.84. The Morgan fingerprint density at radius 3 is 2.50 bits per heavy atom. The maximum atomic E-state index is 11.9. The third kappa shape index (κ3) is 4.45. The van der Waals surface area contributed by atoms with E-state index in [4.69, 9.17) is 25.8 Å². The Hall–Kier alpha value is -3.00. The topological polar surface area (TPSA) is 91.7 Å². The van der Waals surface area contributed by atoms with E-state index in [0.717, 1.165) is 11.4 Å². The van der Waals surface area contributed by atoms with Crippen molar-refractivity contribution in [2.24, 2.45) is 7.05 Å². The van der Waals surface area contributed by atoms with Gasteiger partial charge in [-0.3, -0.25) is 4.68 Å². The van der Waals surface area contributed by atoms with Crippen molar-refractivity contribution in [3.05, 3.63) is 52.4 Å². The molecular weight excluding hydrogens is 386 g/mol. The van der Waals surface area contributed by atoms with E-state index in [1.165, 1.54) is 20.0 Å². The molecule has 1 fully saturated rings. The number of hydrogen-bond acceptors (Lipinski definition) is 7. The van der Waals surface area contributed by atoms with Crippen LogP contribution in [-0.4, -0.2) is 27.5 Å². The highest BCUT2D eigenvalue weighted by atomic mass is 35.5. The normalized spacial score (nSPS) is 15.7. The number of carbonyl (C=O) groups excluding carboxylic acids is 2. The number of cyclic esters (lactones) is 2. The van der Waals surface area contributed by atoms with Crippen LogP contribution in [0.1, 0.15) is 25.2 Å². The van der Waals surface area contributed by atoms with Gasteiger partial charge < -0.3 is 19.5 Å². The van der Waals surface area contributed by atoms with Crippen molar-refractivity contribution in [2.45, 2.75) is 33.2 Å². The van der Waals surface area contributed by atoms with Gasteiger partial charge in [0.15, 0.2) is 5.57 Å². The average Bonchev–Trinajstić information content (AvgIpc) is 2.89. The molecule has 0 unspecified atom stereocenters. The van der Waals surface area contributed by atoms with Crippen LogP contribution in [0.5, 0.6) is 5.75 Å². The zero-order valence-corrected chi connectivity index (χ0v) is 16.7. The van der Waals surface area contributed by atoms with E-state index < -0.39 is 17.7 Å². The van der Waals surface area contributed by atoms with Crippen LogP contribution in [-0.2, 0) is 32.7 Å². The maximum absolute atomic E-state index is 11.9. The zero-order chi connectivity index (χ0) is 20.5. The Bertz CT molecular complexity index is 942. The molecule has 28 heavy (non-hydrogen) atoms. The van der Waals surface area contributed by atoms with Gasteiger partial charge >= 0.3 is 11.9 Å². The molecule has 0 atom stereocenters. The van der Waals surface area contributed by atoms with Crippen molar-refractivity contribution in [1.82, 2.24) is 9.78 Å². The number of hydrogen-bond donors (Lipinski definition) is 1. The summed E-state index contributed by atoms with van der Waals surface area (Å²) in [6.45, 7) is 5.20. The van der Waals surface area contributed by atoms with Crippen LogP contribution < -0.4 is 10.1 Å². The van der Waals surface area contributed by atoms with Crippen LogP contribution in [0.3, 0.4) is 0 Å². The molecule has 0 amide bonds. The minimum atomic E-state index is -1.28. The lowest BCUT2D eigenvalue weighted by molar-refractivity contribution is -0.222. The van der Waals surface area contributed by atoms with Gasteiger partial charge in [-0.05, 0) is 31.2 Å². The first kappa shape index (κ1) is 19.8. The summed E-state index contributed by atoms with van der Waals surface area (Å²) in [4.78, 5) is 23.9. The third-order valence-electron chi connectivity index (χ3n) is 3.91. The smallest absolute Gasteiger partial charge is 0.350 e. The summed E-state index contributed by atoms with van der Waals surface area (Å²) in [6.07, 6.45) is 1.23. The summed E-state index contributed by atoms with van der Waals surface area (Å²) in [6, 6.07) is 6.94. The molecule has 1 aromatic heterocycles. The Morgan fingerprint density at radius 1 is 1.25 bits per heavy atom. The van der Waals surface area contributed by atoms with Crippen LogP contribution in [0.2, 0.25) is 5.02 Å². The van der Waals surface area contributed by atoms with E-state index in [2.05, 4.69) is 10.4 Å². The van der Waals surface area contributed by atoms with Crippen molar-refractivity contribution in [3.8, 4) is 5.75 Å². The number of anilines is 1. The van der Waals surface area contributed by atoms with Crippen LogP contribution >= 0.6 is 11.6 Å². The SMILES string of the molecule is Cc1cc(COc2ccc(NC=C3C(=O)OC(C)(C)OC3=O)cc2Cl)n(C)n1. The largest absolute Gasteiger partial charge is 0.486 e. The molecular formula is C19H20ClN3O5. The van der Waals surface area contributed by atoms with Crippen LogP contribution in [0.25, 0.3) is 0 Å². The number of benzene rings is 1. The molecule has 3 rings (SSSR count). The average molecular weight is 406 g/mol. The van der Waals surface area contributed by atoms with E-state index in [1.807, 2.05) is 20.0 Å². The number of aryl methyl sites for hydroxylation is 2. The van der Waals surface area contributed by atoms with Crippen LogP contribution in [0.15, 0.2) is 36.0 Å². The summed E-state index contributed by atoms with van der Waals surface area (Å²) < 4.78 is 17.5. The molecule has 1 aromatic carbocycles. The fourth-order valence-corrected chi connectivity index (χ4v) is 2.83. The predicted octanol–water partition coefficient (Wildman–Crippen LogP) is 3.09. The van der Waals surface area contributed by atoms with Crippen molar-refractivity contribution in [2.75, 3.05) is 5.32 Å². The highest BCUT2D eigenvalue weighted by Gasteiger charge is 2.38. The number of aromatic nitrogens is 2. The van der Waals surface area contributed by atoms with Gasteiger partial charge in [-0.1, -0.05) is 11.6 Å². The Balaban J connectivity index is 1.66. The highest BCUT2D eigenvalue weighted by molar-refractivity contribution is 6.32. The molecule has 0 aliphatic carbocycles. The molecule has 9 heteroatoms. The third-order valence-corrected chi connectivity index (χ3v) is 4.20. The molecule has 2 heterocycles. The van der Waals surface area contributed by atoms with Gasteiger partial charge in [-0.2, -0.15) is 5.10 Å². The van der Waals surface area contributed by atoms with Gasteiger partial charge in [0.2, 0.25) is 0 Å². The van der Waals surface area contributed by atoms with Gasteiger partial charge in [0, 0.05) is 32.8 Å². The molecule has 2 aromatic rings. The number of ether oxygens (including phenoxy) is 3. The predicted molar refractivity (Wildman–Crippen MR) is 102 cm³/mol. The van der Waals surface area contributed by atoms with Crippen molar-refractivity contribution >= 4 is 29.2 Å². The highest BCUT2D eigenvalue weighted by Crippen LogP contribution is 2.29. The van der Waals surface area contributed by atoms with E-state index in [1.54, 1.807) is 22.9 Å². The monoisotopic (exact) mass is 405 g/mol. The second kappa shape index (κ2) is 7.55. The van der Waals surface area contributed by atoms with Crippen molar-refractivity contribution in [1.29, 1.82) is 0 Å². The molecule has 1 aliphatic rings. The molecule has 1 aliphatic heterocycles. The summed E-state index contributed by atoms with van der Waals surface area (Å²) in [5.74, 6) is -2.30. The molecule has 0 saturated carbocycles. The van der Waals surface area contributed by atoms with E-state index in [0.29, 0.717) is 23.1 Å². The molecule has 8 nitrogen and oxygen atoms in total. The van der Waals surface area contributed by atoms with Gasteiger partial charge in [-0.15, -0.1) is 0 Å². The van der Waals surface area contributed by atoms with Crippen molar-refractivity contribution in [3.63, 3.8) is 0 Å². The zero-order valence-electron chi connectivity index (χ0n) is 15.9. The van der Waals surface area contributed by atoms with Crippen molar-refractivity contribution < 1.29 is 23.8 Å². The van der Waals surface area contributed by atoms with Crippen LogP contribution in [0.4, 0.5) is 5.69 Å². The number of esters is 2. The lowest BCUT2D eigenvalue weighted by Gasteiger charge is -2.29. The standard InChI is InChI=1S/C19H20ClN3O5/c1-11-7-13(23(4)22-11)10-26-16-6-5-12(8-15(16)20)21-9-14-17(24)27-19(2,3)28-18(14)25/h5-9,21H,10H2,1-4H3. The fraction of sp³-hybridized carbons (Fsp3) is 0.316. The molecule has 148 valence electrons. The summed E-state index contributed by atoms with van der Waals surface area (Å²) >= 11 is 6.27. The number of halogens is 1. The second-order valence-electron chi connectivity index (χ2n) is 6.72. The van der Waals surface area contributed by atoms with E-state index >= 15 is 0 Å². The minimum absolute atomic E-state index is 0.234. The number of carbonyl (C=O) groups is 2. The number of nitrogens with zero attached hydrogens (tertiary/aromatic N) is 2. The molecule has 1 saturated heterocycles. The second-order valence-corrected chi connectivity index (χ2v) is 7.12. The van der Waals surface area contributed by atoms with Gasteiger partial charge in [0.25, 0.3) is 5.79 Å².